The van der Waals surface area contributed by atoms with Gasteiger partial charge in [-0.15, -0.1) is 11.3 Å². The first-order valence-electron chi connectivity index (χ1n) is 5.92. The molecule has 108 valence electrons. The molecule has 20 heavy (non-hydrogen) atoms. The molecule has 1 rings (SSSR count). The zero-order valence-electron chi connectivity index (χ0n) is 11.2. The summed E-state index contributed by atoms with van der Waals surface area (Å²) in [5.74, 6) is -1.67. The number of nitrogens with two attached hydrogens (primary N) is 1. The Morgan fingerprint density at radius 2 is 2.10 bits per heavy atom. The summed E-state index contributed by atoms with van der Waals surface area (Å²) in [7, 11) is 0. The zero-order valence-corrected chi connectivity index (χ0v) is 12.0. The first kappa shape index (κ1) is 15.9. The summed E-state index contributed by atoms with van der Waals surface area (Å²) < 4.78 is 5.03. The Morgan fingerprint density at radius 3 is 2.60 bits per heavy atom. The second-order valence-corrected chi connectivity index (χ2v) is 5.28. The minimum atomic E-state index is -1.07. The average molecular weight is 296 g/mol. The van der Waals surface area contributed by atoms with Gasteiger partial charge < -0.3 is 10.5 Å². The van der Waals surface area contributed by atoms with Crippen LogP contribution < -0.4 is 11.1 Å². The number of amides is 3. The number of carbonyl (C=O) groups is 3. The molecule has 1 heterocycles. The van der Waals surface area contributed by atoms with E-state index in [9.17, 15) is 14.4 Å². The fourth-order valence-electron chi connectivity index (χ4n) is 1.39. The van der Waals surface area contributed by atoms with E-state index in [0.29, 0.717) is 0 Å². The molecule has 3 amide bonds. The number of imide groups is 1. The van der Waals surface area contributed by atoms with Crippen LogP contribution in [0, 0.1) is 5.92 Å². The van der Waals surface area contributed by atoms with E-state index in [0.717, 1.165) is 4.88 Å². The highest BCUT2D eigenvalue weighted by molar-refractivity contribution is 7.10. The van der Waals surface area contributed by atoms with Crippen LogP contribution in [0.5, 0.6) is 0 Å². The predicted molar refractivity (Wildman–Crippen MR) is 75.8 cm³/mol. The summed E-state index contributed by atoms with van der Waals surface area (Å²) >= 11 is 1.47. The van der Waals surface area contributed by atoms with E-state index in [1.165, 1.54) is 17.4 Å². The number of ether oxygens (including phenoxy) is 1. The number of carbonyl (C=O) groups excluding carboxylic acids is 3. The lowest BCUT2D eigenvalue weighted by Crippen LogP contribution is -2.45. The Balaban J connectivity index is 2.63. The van der Waals surface area contributed by atoms with Crippen LogP contribution in [-0.2, 0) is 14.3 Å². The van der Waals surface area contributed by atoms with Gasteiger partial charge in [-0.05, 0) is 23.4 Å². The van der Waals surface area contributed by atoms with E-state index in [4.69, 9.17) is 10.5 Å². The molecule has 0 spiro atoms. The van der Waals surface area contributed by atoms with Crippen LogP contribution >= 0.6 is 11.3 Å². The molecule has 6 nitrogen and oxygen atoms in total. The molecule has 0 aromatic carbocycles. The third kappa shape index (κ3) is 5.23. The summed E-state index contributed by atoms with van der Waals surface area (Å²) in [6, 6.07) is 2.71. The average Bonchev–Trinajstić information content (AvgIpc) is 2.85. The van der Waals surface area contributed by atoms with Crippen LogP contribution in [0.4, 0.5) is 4.79 Å². The largest absolute Gasteiger partial charge is 0.449 e. The van der Waals surface area contributed by atoms with Crippen LogP contribution in [-0.4, -0.2) is 24.0 Å². The Morgan fingerprint density at radius 1 is 1.40 bits per heavy atom. The maximum atomic E-state index is 11.7. The van der Waals surface area contributed by atoms with Gasteiger partial charge in [0.2, 0.25) is 0 Å². The van der Waals surface area contributed by atoms with Gasteiger partial charge in [0, 0.05) is 11.0 Å². The maximum Gasteiger partial charge on any atom is 0.331 e. The van der Waals surface area contributed by atoms with Crippen LogP contribution in [0.2, 0.25) is 0 Å². The predicted octanol–water partition coefficient (Wildman–Crippen LogP) is 1.52. The number of nitrogens with one attached hydrogen (secondary N) is 1. The van der Waals surface area contributed by atoms with Gasteiger partial charge >= 0.3 is 12.0 Å². The second kappa shape index (κ2) is 7.44. The molecule has 1 aromatic rings. The topological polar surface area (TPSA) is 98.5 Å². The van der Waals surface area contributed by atoms with Crippen LogP contribution in [0.3, 0.4) is 0 Å². The first-order chi connectivity index (χ1) is 9.40. The Bertz CT molecular complexity index is 508. The highest BCUT2D eigenvalue weighted by Gasteiger charge is 2.26. The summed E-state index contributed by atoms with van der Waals surface area (Å²) in [5.41, 5.74) is 4.86. The maximum absolute atomic E-state index is 11.7. The van der Waals surface area contributed by atoms with Crippen LogP contribution in [0.15, 0.2) is 23.6 Å². The fraction of sp³-hybridized carbons (Fsp3) is 0.308. The Hall–Kier alpha value is -2.15. The minimum absolute atomic E-state index is 0.284. The van der Waals surface area contributed by atoms with E-state index in [1.807, 2.05) is 22.8 Å². The number of esters is 1. The quantitative estimate of drug-likeness (QED) is 0.635. The molecule has 0 aliphatic heterocycles. The van der Waals surface area contributed by atoms with Crippen LogP contribution in [0.25, 0.3) is 6.08 Å². The van der Waals surface area contributed by atoms with Gasteiger partial charge in [-0.25, -0.2) is 9.59 Å². The molecule has 7 heteroatoms. The van der Waals surface area contributed by atoms with Crippen molar-refractivity contribution in [2.24, 2.45) is 11.7 Å². The van der Waals surface area contributed by atoms with Gasteiger partial charge in [-0.3, -0.25) is 10.1 Å². The normalized spacial score (nSPS) is 12.3. The van der Waals surface area contributed by atoms with Gasteiger partial charge in [-0.1, -0.05) is 19.9 Å². The fourth-order valence-corrected chi connectivity index (χ4v) is 2.00. The van der Waals surface area contributed by atoms with E-state index in [2.05, 4.69) is 0 Å². The van der Waals surface area contributed by atoms with Gasteiger partial charge in [-0.2, -0.15) is 0 Å². The number of hydrogen-bond acceptors (Lipinski definition) is 5. The minimum Gasteiger partial charge on any atom is -0.449 e. The van der Waals surface area contributed by atoms with Crippen molar-refractivity contribution in [3.8, 4) is 0 Å². The lowest BCUT2D eigenvalue weighted by atomic mass is 10.1. The van der Waals surface area contributed by atoms with Crippen molar-refractivity contribution in [1.82, 2.24) is 5.32 Å². The molecular formula is C13H16N2O4S. The van der Waals surface area contributed by atoms with Crippen molar-refractivity contribution in [1.29, 1.82) is 0 Å². The van der Waals surface area contributed by atoms with Crippen molar-refractivity contribution >= 4 is 35.3 Å². The summed E-state index contributed by atoms with van der Waals surface area (Å²) in [4.78, 5) is 34.8. The third-order valence-electron chi connectivity index (χ3n) is 2.28. The van der Waals surface area contributed by atoms with Gasteiger partial charge in [0.05, 0.1) is 0 Å². The number of rotatable bonds is 5. The Kier molecular flexibility index (Phi) is 5.92. The molecule has 0 fully saturated rings. The highest BCUT2D eigenvalue weighted by atomic mass is 32.1. The van der Waals surface area contributed by atoms with Crippen molar-refractivity contribution in [2.75, 3.05) is 0 Å². The molecule has 0 unspecified atom stereocenters. The monoisotopic (exact) mass is 296 g/mol. The standard InChI is InChI=1S/C13H16N2O4S/c1-8(2)11(12(17)15-13(14)18)19-10(16)6-5-9-4-3-7-20-9/h3-8,11H,1-2H3,(H3,14,15,17,18)/b6-5+/t11-/m1/s1. The molecule has 0 aliphatic carbocycles. The molecule has 0 bridgehead atoms. The molecule has 1 aromatic heterocycles. The van der Waals surface area contributed by atoms with E-state index in [1.54, 1.807) is 19.9 Å². The number of primary amides is 1. The van der Waals surface area contributed by atoms with E-state index >= 15 is 0 Å². The van der Waals surface area contributed by atoms with Crippen molar-refractivity contribution < 1.29 is 19.1 Å². The van der Waals surface area contributed by atoms with Gasteiger partial charge in [0.15, 0.2) is 6.10 Å². The van der Waals surface area contributed by atoms with E-state index in [-0.39, 0.29) is 5.92 Å². The second-order valence-electron chi connectivity index (χ2n) is 4.30. The van der Waals surface area contributed by atoms with Gasteiger partial charge in [0.25, 0.3) is 5.91 Å². The number of thiophene rings is 1. The zero-order chi connectivity index (χ0) is 15.1. The third-order valence-corrected chi connectivity index (χ3v) is 3.12. The highest BCUT2D eigenvalue weighted by Crippen LogP contribution is 2.12. The lowest BCUT2D eigenvalue weighted by molar-refractivity contribution is -0.153. The van der Waals surface area contributed by atoms with Crippen LogP contribution in [0.1, 0.15) is 18.7 Å². The lowest BCUT2D eigenvalue weighted by Gasteiger charge is -2.18. The summed E-state index contributed by atoms with van der Waals surface area (Å²) in [5, 5.41) is 3.78. The van der Waals surface area contributed by atoms with E-state index < -0.39 is 24.0 Å². The summed E-state index contributed by atoms with van der Waals surface area (Å²) in [6.07, 6.45) is 1.76. The van der Waals surface area contributed by atoms with Gasteiger partial charge in [0.1, 0.15) is 0 Å². The molecule has 3 N–H and O–H groups in total. The summed E-state index contributed by atoms with van der Waals surface area (Å²) in [6.45, 7) is 3.39. The molecule has 1 atom stereocenters. The Labute approximate surface area is 120 Å². The first-order valence-corrected chi connectivity index (χ1v) is 6.80. The molecular weight excluding hydrogens is 280 g/mol. The van der Waals surface area contributed by atoms with Crippen molar-refractivity contribution in [3.63, 3.8) is 0 Å². The van der Waals surface area contributed by atoms with Crippen molar-refractivity contribution in [3.05, 3.63) is 28.5 Å². The molecule has 0 saturated heterocycles. The van der Waals surface area contributed by atoms with Crippen molar-refractivity contribution in [2.45, 2.75) is 20.0 Å². The smallest absolute Gasteiger partial charge is 0.331 e. The molecule has 0 aliphatic rings. The number of hydrogen-bond donors (Lipinski definition) is 2. The number of urea groups is 1. The molecule has 0 radical (unpaired) electrons. The SMILES string of the molecule is CC(C)[C@@H](OC(=O)/C=C/c1cccs1)C(=O)NC(N)=O. The molecule has 0 saturated carbocycles.